The maximum atomic E-state index is 5.86. The molecule has 0 saturated carbocycles. The molecule has 0 spiro atoms. The minimum atomic E-state index is -0.206. The van der Waals surface area contributed by atoms with Crippen molar-refractivity contribution in [2.24, 2.45) is 5.73 Å². The molecule has 1 aromatic heterocycles. The Labute approximate surface area is 73.4 Å². The normalized spacial score (nSPS) is 12.0. The number of hydrogen-bond acceptors (Lipinski definition) is 2. The van der Waals surface area contributed by atoms with Gasteiger partial charge in [0.1, 0.15) is 0 Å². The Morgan fingerprint density at radius 1 is 1.60 bits per heavy atom. The van der Waals surface area contributed by atoms with Crippen molar-refractivity contribution in [1.82, 2.24) is 0 Å². The average molecular weight is 220 g/mol. The van der Waals surface area contributed by atoms with E-state index >= 15 is 0 Å². The van der Waals surface area contributed by atoms with E-state index in [1.807, 2.05) is 13.8 Å². The molecule has 1 rings (SSSR count). The molecule has 56 valence electrons. The van der Waals surface area contributed by atoms with E-state index in [0.29, 0.717) is 0 Å². The standard InChI is InChI=1S/C7H10BrNS/c1-7(2,9)5-3-6(8)10-4-5/h3-4H,9H2,1-2H3. The first-order chi connectivity index (χ1) is 4.50. The molecule has 1 nitrogen and oxygen atoms in total. The van der Waals surface area contributed by atoms with Gasteiger partial charge in [-0.3, -0.25) is 0 Å². The summed E-state index contributed by atoms with van der Waals surface area (Å²) in [7, 11) is 0. The molecule has 2 N–H and O–H groups in total. The summed E-state index contributed by atoms with van der Waals surface area (Å²) in [5.74, 6) is 0. The molecule has 0 radical (unpaired) electrons. The highest BCUT2D eigenvalue weighted by molar-refractivity contribution is 9.11. The SMILES string of the molecule is CC(C)(N)c1csc(Br)c1. The van der Waals surface area contributed by atoms with Gasteiger partial charge in [-0.1, -0.05) is 0 Å². The fourth-order valence-electron chi connectivity index (χ4n) is 0.648. The van der Waals surface area contributed by atoms with Crippen LogP contribution in [-0.4, -0.2) is 0 Å². The smallest absolute Gasteiger partial charge is 0.0701 e. The summed E-state index contributed by atoms with van der Waals surface area (Å²) in [5.41, 5.74) is 6.83. The Morgan fingerprint density at radius 3 is 2.40 bits per heavy atom. The zero-order valence-corrected chi connectivity index (χ0v) is 8.42. The van der Waals surface area contributed by atoms with Crippen molar-refractivity contribution in [3.05, 3.63) is 20.8 Å². The molecular formula is C7H10BrNS. The molecule has 10 heavy (non-hydrogen) atoms. The molecule has 1 heterocycles. The first-order valence-corrected chi connectivity index (χ1v) is 4.71. The zero-order chi connectivity index (χ0) is 7.78. The lowest BCUT2D eigenvalue weighted by atomic mass is 10.00. The number of rotatable bonds is 1. The van der Waals surface area contributed by atoms with E-state index in [1.54, 1.807) is 11.3 Å². The summed E-state index contributed by atoms with van der Waals surface area (Å²) < 4.78 is 1.14. The minimum absolute atomic E-state index is 0.206. The lowest BCUT2D eigenvalue weighted by Crippen LogP contribution is -2.27. The van der Waals surface area contributed by atoms with Crippen LogP contribution >= 0.6 is 27.3 Å². The van der Waals surface area contributed by atoms with E-state index < -0.39 is 0 Å². The third kappa shape index (κ3) is 1.81. The highest BCUT2D eigenvalue weighted by Gasteiger charge is 2.14. The van der Waals surface area contributed by atoms with Gasteiger partial charge in [-0.05, 0) is 46.8 Å². The van der Waals surface area contributed by atoms with Crippen LogP contribution in [0.5, 0.6) is 0 Å². The fourth-order valence-corrected chi connectivity index (χ4v) is 1.98. The fraction of sp³-hybridized carbons (Fsp3) is 0.429. The molecule has 0 aliphatic rings. The van der Waals surface area contributed by atoms with Gasteiger partial charge in [-0.15, -0.1) is 11.3 Å². The van der Waals surface area contributed by atoms with Crippen molar-refractivity contribution >= 4 is 27.3 Å². The van der Waals surface area contributed by atoms with Crippen molar-refractivity contribution in [3.63, 3.8) is 0 Å². The van der Waals surface area contributed by atoms with E-state index in [-0.39, 0.29) is 5.54 Å². The number of halogens is 1. The van der Waals surface area contributed by atoms with Gasteiger partial charge < -0.3 is 5.73 Å². The summed E-state index contributed by atoms with van der Waals surface area (Å²) in [4.78, 5) is 0. The Bertz CT molecular complexity index is 224. The van der Waals surface area contributed by atoms with Crippen LogP contribution in [0.3, 0.4) is 0 Å². The largest absolute Gasteiger partial charge is 0.322 e. The van der Waals surface area contributed by atoms with Gasteiger partial charge in [0.25, 0.3) is 0 Å². The molecule has 0 amide bonds. The summed E-state index contributed by atoms with van der Waals surface area (Å²) in [5, 5.41) is 2.07. The van der Waals surface area contributed by atoms with Crippen LogP contribution in [0.1, 0.15) is 19.4 Å². The van der Waals surface area contributed by atoms with Gasteiger partial charge >= 0.3 is 0 Å². The monoisotopic (exact) mass is 219 g/mol. The lowest BCUT2D eigenvalue weighted by Gasteiger charge is -2.15. The van der Waals surface area contributed by atoms with Crippen LogP contribution in [0.15, 0.2) is 15.2 Å². The number of nitrogens with two attached hydrogens (primary N) is 1. The molecule has 1 aromatic rings. The summed E-state index contributed by atoms with van der Waals surface area (Å²) >= 11 is 5.06. The van der Waals surface area contributed by atoms with E-state index in [4.69, 9.17) is 5.73 Å². The topological polar surface area (TPSA) is 26.0 Å². The summed E-state index contributed by atoms with van der Waals surface area (Å²) in [6, 6.07) is 2.06. The van der Waals surface area contributed by atoms with Crippen molar-refractivity contribution in [1.29, 1.82) is 0 Å². The van der Waals surface area contributed by atoms with Crippen molar-refractivity contribution in [2.45, 2.75) is 19.4 Å². The molecule has 0 fully saturated rings. The highest BCUT2D eigenvalue weighted by atomic mass is 79.9. The van der Waals surface area contributed by atoms with Crippen LogP contribution < -0.4 is 5.73 Å². The van der Waals surface area contributed by atoms with Crippen LogP contribution in [0.4, 0.5) is 0 Å². The molecule has 0 aliphatic heterocycles. The second-order valence-electron chi connectivity index (χ2n) is 2.86. The molecule has 0 atom stereocenters. The Kier molecular flexibility index (Phi) is 2.18. The zero-order valence-electron chi connectivity index (χ0n) is 6.02. The summed E-state index contributed by atoms with van der Waals surface area (Å²) in [6.45, 7) is 4.00. The van der Waals surface area contributed by atoms with E-state index in [2.05, 4.69) is 27.4 Å². The van der Waals surface area contributed by atoms with Gasteiger partial charge in [-0.25, -0.2) is 0 Å². The second kappa shape index (κ2) is 2.64. The molecular weight excluding hydrogens is 210 g/mol. The third-order valence-corrected chi connectivity index (χ3v) is 2.82. The second-order valence-corrected chi connectivity index (χ2v) is 5.15. The molecule has 0 bridgehead atoms. The predicted molar refractivity (Wildman–Crippen MR) is 49.2 cm³/mol. The molecule has 0 saturated heterocycles. The number of hydrogen-bond donors (Lipinski definition) is 1. The van der Waals surface area contributed by atoms with Crippen molar-refractivity contribution in [3.8, 4) is 0 Å². The maximum absolute atomic E-state index is 5.86. The van der Waals surface area contributed by atoms with Crippen LogP contribution in [0.25, 0.3) is 0 Å². The number of thiophene rings is 1. The van der Waals surface area contributed by atoms with Crippen molar-refractivity contribution in [2.75, 3.05) is 0 Å². The van der Waals surface area contributed by atoms with Gasteiger partial charge in [0.15, 0.2) is 0 Å². The Morgan fingerprint density at radius 2 is 2.20 bits per heavy atom. The van der Waals surface area contributed by atoms with Crippen LogP contribution in [-0.2, 0) is 5.54 Å². The quantitative estimate of drug-likeness (QED) is 0.773. The predicted octanol–water partition coefficient (Wildman–Crippen LogP) is 2.70. The van der Waals surface area contributed by atoms with Crippen LogP contribution in [0, 0.1) is 0 Å². The average Bonchev–Trinajstić information content (AvgIpc) is 2.11. The first-order valence-electron chi connectivity index (χ1n) is 3.03. The van der Waals surface area contributed by atoms with E-state index in [1.165, 1.54) is 5.56 Å². The maximum Gasteiger partial charge on any atom is 0.0701 e. The van der Waals surface area contributed by atoms with Gasteiger partial charge in [0.2, 0.25) is 0 Å². The van der Waals surface area contributed by atoms with Gasteiger partial charge in [0.05, 0.1) is 3.79 Å². The molecule has 0 aromatic carbocycles. The van der Waals surface area contributed by atoms with Crippen LogP contribution in [0.2, 0.25) is 0 Å². The van der Waals surface area contributed by atoms with E-state index in [0.717, 1.165) is 3.79 Å². The first kappa shape index (κ1) is 8.24. The molecule has 0 aliphatic carbocycles. The van der Waals surface area contributed by atoms with E-state index in [9.17, 15) is 0 Å². The molecule has 3 heteroatoms. The van der Waals surface area contributed by atoms with Gasteiger partial charge in [-0.2, -0.15) is 0 Å². The molecule has 0 unspecified atom stereocenters. The third-order valence-electron chi connectivity index (χ3n) is 1.31. The van der Waals surface area contributed by atoms with Gasteiger partial charge in [0, 0.05) is 5.54 Å². The Balaban J connectivity index is 2.96. The Hall–Kier alpha value is 0.140. The minimum Gasteiger partial charge on any atom is -0.322 e. The lowest BCUT2D eigenvalue weighted by molar-refractivity contribution is 0.556. The summed E-state index contributed by atoms with van der Waals surface area (Å²) in [6.07, 6.45) is 0. The van der Waals surface area contributed by atoms with Crippen molar-refractivity contribution < 1.29 is 0 Å². The highest BCUT2D eigenvalue weighted by Crippen LogP contribution is 2.26.